The standard InChI is InChI=1S/C11H15NO2.C7H9NS2.C5H5NO2.CH4/c1-8-2-4-9(5-3-8)12-10(13)6-7-11(12)14;1-2-9-10-7-5-3-4-6-8-7;1-6-4(7)2-3-5(6)8;/h6-9H,2-5H2,1H3;3-6H,2H2,1H3;2-3H,1H3;1H4. The maximum absolute atomic E-state index is 11.4. The van der Waals surface area contributed by atoms with Crippen LogP contribution in [0.15, 0.2) is 53.7 Å². The third-order valence-corrected chi connectivity index (χ3v) is 7.46. The molecule has 2 aliphatic heterocycles. The minimum atomic E-state index is -0.241. The Hall–Kier alpha value is -2.39. The van der Waals surface area contributed by atoms with Gasteiger partial charge in [0.05, 0.1) is 0 Å². The third kappa shape index (κ3) is 9.17. The largest absolute Gasteiger partial charge is 0.279 e. The molecule has 0 saturated heterocycles. The second-order valence-corrected chi connectivity index (χ2v) is 10.1. The Labute approximate surface area is 204 Å². The molecule has 7 nitrogen and oxygen atoms in total. The molecule has 0 radical (unpaired) electrons. The number of nitrogens with zero attached hydrogens (tertiary/aromatic N) is 3. The Kier molecular flexibility index (Phi) is 12.8. The molecule has 0 aromatic carbocycles. The molecule has 9 heteroatoms. The van der Waals surface area contributed by atoms with Crippen LogP contribution in [0.2, 0.25) is 0 Å². The zero-order valence-electron chi connectivity index (χ0n) is 18.6. The maximum atomic E-state index is 11.4. The summed E-state index contributed by atoms with van der Waals surface area (Å²) in [4.78, 5) is 50.2. The van der Waals surface area contributed by atoms with Crippen molar-refractivity contribution in [3.05, 3.63) is 48.7 Å². The van der Waals surface area contributed by atoms with Gasteiger partial charge < -0.3 is 0 Å². The van der Waals surface area contributed by atoms with Gasteiger partial charge in [0, 0.05) is 49.3 Å². The number of imide groups is 2. The minimum Gasteiger partial charge on any atom is -0.279 e. The highest BCUT2D eigenvalue weighted by atomic mass is 33.1. The van der Waals surface area contributed by atoms with Crippen LogP contribution in [-0.4, -0.2) is 57.3 Å². The first-order valence-electron chi connectivity index (χ1n) is 10.6. The number of hydrogen-bond acceptors (Lipinski definition) is 7. The van der Waals surface area contributed by atoms with E-state index >= 15 is 0 Å². The predicted molar refractivity (Wildman–Crippen MR) is 134 cm³/mol. The summed E-state index contributed by atoms with van der Waals surface area (Å²) in [5.74, 6) is 1.13. The summed E-state index contributed by atoms with van der Waals surface area (Å²) in [6.07, 6.45) is 11.3. The fraction of sp³-hybridized carbons (Fsp3) is 0.458. The molecule has 1 aromatic heterocycles. The highest BCUT2D eigenvalue weighted by Crippen LogP contribution is 2.29. The van der Waals surface area contributed by atoms with Crippen LogP contribution in [0.3, 0.4) is 0 Å². The van der Waals surface area contributed by atoms with Crippen molar-refractivity contribution in [2.45, 2.75) is 58.0 Å². The van der Waals surface area contributed by atoms with Gasteiger partial charge in [-0.3, -0.25) is 29.0 Å². The molecular weight excluding hydrogens is 458 g/mol. The van der Waals surface area contributed by atoms with Crippen molar-refractivity contribution in [3.8, 4) is 0 Å². The monoisotopic (exact) mass is 491 g/mol. The van der Waals surface area contributed by atoms with Crippen molar-refractivity contribution in [1.82, 2.24) is 14.8 Å². The van der Waals surface area contributed by atoms with Crippen molar-refractivity contribution < 1.29 is 19.2 Å². The molecule has 0 bridgehead atoms. The number of pyridine rings is 1. The molecule has 3 aliphatic rings. The van der Waals surface area contributed by atoms with Crippen molar-refractivity contribution in [3.63, 3.8) is 0 Å². The van der Waals surface area contributed by atoms with E-state index in [-0.39, 0.29) is 37.1 Å². The minimum absolute atomic E-state index is 0. The molecule has 4 rings (SSSR count). The number of carbonyl (C=O) groups excluding carboxylic acids is 4. The lowest BCUT2D eigenvalue weighted by atomic mass is 9.86. The number of likely N-dealkylation sites (N-methyl/N-ethyl adjacent to an activating group) is 1. The molecule has 1 fully saturated rings. The predicted octanol–water partition coefficient (Wildman–Crippen LogP) is 4.51. The lowest BCUT2D eigenvalue weighted by Crippen LogP contribution is -2.41. The van der Waals surface area contributed by atoms with E-state index < -0.39 is 0 Å². The summed E-state index contributed by atoms with van der Waals surface area (Å²) >= 11 is 0. The van der Waals surface area contributed by atoms with Gasteiger partial charge in [-0.25, -0.2) is 4.98 Å². The first-order chi connectivity index (χ1) is 15.3. The molecule has 33 heavy (non-hydrogen) atoms. The van der Waals surface area contributed by atoms with E-state index in [1.807, 2.05) is 35.2 Å². The first-order valence-corrected chi connectivity index (χ1v) is 12.9. The van der Waals surface area contributed by atoms with Gasteiger partial charge in [0.15, 0.2) is 0 Å². The van der Waals surface area contributed by atoms with Gasteiger partial charge in [-0.1, -0.05) is 38.1 Å². The van der Waals surface area contributed by atoms with Crippen LogP contribution in [0.1, 0.15) is 47.0 Å². The number of rotatable bonds is 4. The van der Waals surface area contributed by atoms with Gasteiger partial charge in [-0.05, 0) is 54.5 Å². The normalized spacial score (nSPS) is 21.3. The highest BCUT2D eigenvalue weighted by molar-refractivity contribution is 8.76. The Bertz CT molecular complexity index is 830. The fourth-order valence-corrected chi connectivity index (χ4v) is 4.75. The Balaban J connectivity index is 0.000000255. The Morgan fingerprint density at radius 1 is 0.909 bits per heavy atom. The maximum Gasteiger partial charge on any atom is 0.253 e. The van der Waals surface area contributed by atoms with E-state index in [2.05, 4.69) is 18.8 Å². The topological polar surface area (TPSA) is 87.7 Å². The van der Waals surface area contributed by atoms with E-state index in [1.54, 1.807) is 10.8 Å². The number of aromatic nitrogens is 1. The zero-order chi connectivity index (χ0) is 23.5. The Morgan fingerprint density at radius 2 is 1.45 bits per heavy atom. The average molecular weight is 492 g/mol. The molecule has 4 amide bonds. The summed E-state index contributed by atoms with van der Waals surface area (Å²) in [6, 6.07) is 6.11. The van der Waals surface area contributed by atoms with Crippen LogP contribution < -0.4 is 0 Å². The second kappa shape index (κ2) is 14.7. The highest BCUT2D eigenvalue weighted by Gasteiger charge is 2.32. The quantitative estimate of drug-likeness (QED) is 0.452. The van der Waals surface area contributed by atoms with Gasteiger partial charge >= 0.3 is 0 Å². The smallest absolute Gasteiger partial charge is 0.253 e. The van der Waals surface area contributed by atoms with Gasteiger partial charge in [-0.2, -0.15) is 0 Å². The van der Waals surface area contributed by atoms with Gasteiger partial charge in [0.1, 0.15) is 5.03 Å². The zero-order valence-corrected chi connectivity index (χ0v) is 20.2. The van der Waals surface area contributed by atoms with Crippen molar-refractivity contribution in [1.29, 1.82) is 0 Å². The molecule has 0 unspecified atom stereocenters. The van der Waals surface area contributed by atoms with E-state index in [0.717, 1.165) is 47.3 Å². The number of amides is 4. The van der Waals surface area contributed by atoms with Gasteiger partial charge in [0.2, 0.25) is 0 Å². The molecule has 0 atom stereocenters. The van der Waals surface area contributed by atoms with Crippen molar-refractivity contribution in [2.75, 3.05) is 12.8 Å². The van der Waals surface area contributed by atoms with Gasteiger partial charge in [0.25, 0.3) is 23.6 Å². The van der Waals surface area contributed by atoms with Crippen LogP contribution >= 0.6 is 21.6 Å². The SMILES string of the molecule is C.CC1CCC(N2C(=O)C=CC2=O)CC1.CCSSc1ccccn1.CN1C(=O)C=CC1=O. The molecule has 1 saturated carbocycles. The molecule has 180 valence electrons. The summed E-state index contributed by atoms with van der Waals surface area (Å²) in [7, 11) is 4.99. The van der Waals surface area contributed by atoms with E-state index in [1.165, 1.54) is 36.3 Å². The summed E-state index contributed by atoms with van der Waals surface area (Å²) in [5, 5.41) is 1.09. The summed E-state index contributed by atoms with van der Waals surface area (Å²) in [5.41, 5.74) is 0. The first kappa shape index (κ1) is 28.6. The second-order valence-electron chi connectivity index (χ2n) is 7.52. The van der Waals surface area contributed by atoms with E-state index in [4.69, 9.17) is 0 Å². The average Bonchev–Trinajstić information content (AvgIpc) is 3.29. The number of carbonyl (C=O) groups is 4. The fourth-order valence-electron chi connectivity index (χ4n) is 3.26. The molecule has 0 N–H and O–H groups in total. The lowest BCUT2D eigenvalue weighted by Gasteiger charge is -2.31. The molecule has 1 aliphatic carbocycles. The van der Waals surface area contributed by atoms with E-state index in [0.29, 0.717) is 0 Å². The lowest BCUT2D eigenvalue weighted by molar-refractivity contribution is -0.140. The van der Waals surface area contributed by atoms with Crippen molar-refractivity contribution >= 4 is 45.2 Å². The van der Waals surface area contributed by atoms with Crippen LogP contribution in [0.5, 0.6) is 0 Å². The van der Waals surface area contributed by atoms with Crippen LogP contribution in [-0.2, 0) is 19.2 Å². The van der Waals surface area contributed by atoms with Crippen LogP contribution in [0.25, 0.3) is 0 Å². The molecule has 0 spiro atoms. The molecule has 3 heterocycles. The van der Waals surface area contributed by atoms with Crippen LogP contribution in [0.4, 0.5) is 0 Å². The van der Waals surface area contributed by atoms with Gasteiger partial charge in [-0.15, -0.1) is 0 Å². The summed E-state index contributed by atoms with van der Waals surface area (Å²) < 4.78 is 0. The number of hydrogen-bond donors (Lipinski definition) is 0. The van der Waals surface area contributed by atoms with Crippen LogP contribution in [0, 0.1) is 5.92 Å². The molecule has 1 aromatic rings. The third-order valence-electron chi connectivity index (χ3n) is 5.12. The summed E-state index contributed by atoms with van der Waals surface area (Å²) in [6.45, 7) is 4.36. The Morgan fingerprint density at radius 3 is 1.88 bits per heavy atom. The molecular formula is C24H33N3O4S2. The van der Waals surface area contributed by atoms with Crippen molar-refractivity contribution in [2.24, 2.45) is 5.92 Å². The van der Waals surface area contributed by atoms with E-state index in [9.17, 15) is 19.2 Å².